The summed E-state index contributed by atoms with van der Waals surface area (Å²) < 4.78 is 0. The monoisotopic (exact) mass is 343 g/mol. The molecule has 1 aromatic rings. The number of hydrogen-bond donors (Lipinski definition) is 0. The van der Waals surface area contributed by atoms with E-state index in [0.717, 1.165) is 12.1 Å². The first-order valence-electron chi connectivity index (χ1n) is 9.63. The summed E-state index contributed by atoms with van der Waals surface area (Å²) >= 11 is 0. The molecular formula is C25H29N. The highest BCUT2D eigenvalue weighted by Gasteiger charge is 2.27. The van der Waals surface area contributed by atoms with Crippen molar-refractivity contribution >= 4 is 11.3 Å². The van der Waals surface area contributed by atoms with Crippen LogP contribution < -0.4 is 0 Å². The molecule has 3 rings (SSSR count). The van der Waals surface area contributed by atoms with E-state index in [1.54, 1.807) is 0 Å². The first-order valence-corrected chi connectivity index (χ1v) is 9.63. The van der Waals surface area contributed by atoms with Gasteiger partial charge in [0.1, 0.15) is 0 Å². The Morgan fingerprint density at radius 3 is 2.62 bits per heavy atom. The minimum absolute atomic E-state index is 0.283. The van der Waals surface area contributed by atoms with Gasteiger partial charge in [0, 0.05) is 12.0 Å². The van der Waals surface area contributed by atoms with Gasteiger partial charge in [-0.25, -0.2) is 0 Å². The fourth-order valence-electron chi connectivity index (χ4n) is 3.84. The molecule has 0 N–H and O–H groups in total. The van der Waals surface area contributed by atoms with E-state index in [1.807, 2.05) is 0 Å². The maximum Gasteiger partial charge on any atom is 0.0615 e. The topological polar surface area (TPSA) is 12.4 Å². The molecular weight excluding hydrogens is 314 g/mol. The highest BCUT2D eigenvalue weighted by atomic mass is 14.8. The summed E-state index contributed by atoms with van der Waals surface area (Å²) in [4.78, 5) is 4.98. The minimum Gasteiger partial charge on any atom is -0.282 e. The number of benzene rings is 1. The molecule has 2 atom stereocenters. The van der Waals surface area contributed by atoms with Crippen molar-refractivity contribution in [1.82, 2.24) is 0 Å². The zero-order chi connectivity index (χ0) is 18.5. The van der Waals surface area contributed by atoms with E-state index in [0.29, 0.717) is 11.8 Å². The lowest BCUT2D eigenvalue weighted by Crippen LogP contribution is -2.23. The van der Waals surface area contributed by atoms with Crippen LogP contribution in [0.3, 0.4) is 0 Å². The molecule has 1 nitrogen and oxygen atoms in total. The molecule has 26 heavy (non-hydrogen) atoms. The van der Waals surface area contributed by atoms with Gasteiger partial charge in [0.15, 0.2) is 0 Å². The largest absolute Gasteiger partial charge is 0.282 e. The van der Waals surface area contributed by atoms with E-state index in [4.69, 9.17) is 4.99 Å². The summed E-state index contributed by atoms with van der Waals surface area (Å²) in [5.41, 5.74) is 6.38. The smallest absolute Gasteiger partial charge is 0.0615 e. The quantitative estimate of drug-likeness (QED) is 0.550. The zero-order valence-corrected chi connectivity index (χ0v) is 16.3. The Kier molecular flexibility index (Phi) is 5.88. The summed E-state index contributed by atoms with van der Waals surface area (Å²) in [5, 5.41) is 0. The molecule has 0 saturated carbocycles. The number of allylic oxidation sites excluding steroid dienone is 10. The van der Waals surface area contributed by atoms with Crippen LogP contribution in [0.4, 0.5) is 0 Å². The summed E-state index contributed by atoms with van der Waals surface area (Å²) in [6.45, 7) is 8.63. The standard InChI is InChI=1S/C25H29N/c1-5-11-21-17-24(20-12-7-6-8-13-20)19(4)16-25(26-18(2)3)23-15-10-9-14-22(21)23/h5-13,15-18,21-22H,14H2,1-4H3/b11-5?,19-16-,24-17+,26-25?. The van der Waals surface area contributed by atoms with Gasteiger partial charge in [-0.15, -0.1) is 0 Å². The Morgan fingerprint density at radius 2 is 1.92 bits per heavy atom. The second-order valence-corrected chi connectivity index (χ2v) is 7.38. The van der Waals surface area contributed by atoms with Crippen molar-refractivity contribution < 1.29 is 0 Å². The summed E-state index contributed by atoms with van der Waals surface area (Å²) in [5.74, 6) is 0.809. The van der Waals surface area contributed by atoms with Crippen molar-refractivity contribution in [2.45, 2.75) is 40.2 Å². The van der Waals surface area contributed by atoms with Gasteiger partial charge >= 0.3 is 0 Å². The lowest BCUT2D eigenvalue weighted by molar-refractivity contribution is 0.543. The molecule has 0 bridgehead atoms. The highest BCUT2D eigenvalue weighted by molar-refractivity contribution is 6.11. The highest BCUT2D eigenvalue weighted by Crippen LogP contribution is 2.37. The average molecular weight is 344 g/mol. The normalized spacial score (nSPS) is 28.8. The van der Waals surface area contributed by atoms with E-state index in [-0.39, 0.29) is 6.04 Å². The first-order chi connectivity index (χ1) is 12.6. The van der Waals surface area contributed by atoms with Crippen LogP contribution in [0, 0.1) is 11.8 Å². The van der Waals surface area contributed by atoms with Crippen molar-refractivity contribution in [2.24, 2.45) is 16.8 Å². The van der Waals surface area contributed by atoms with Crippen LogP contribution in [-0.4, -0.2) is 11.8 Å². The van der Waals surface area contributed by atoms with Gasteiger partial charge in [-0.2, -0.15) is 0 Å². The lowest BCUT2D eigenvalue weighted by Gasteiger charge is -2.30. The molecule has 0 spiro atoms. The Hall–Kier alpha value is -2.41. The van der Waals surface area contributed by atoms with E-state index in [9.17, 15) is 0 Å². The SMILES string of the molecule is CC=CC1/C=C(c2ccccc2)\C(C)=C/C(=NC(C)C)C2=CC=CCC21. The summed E-state index contributed by atoms with van der Waals surface area (Å²) in [6, 6.07) is 11.0. The first kappa shape index (κ1) is 18.4. The molecule has 0 fully saturated rings. The van der Waals surface area contributed by atoms with Crippen molar-refractivity contribution in [2.75, 3.05) is 0 Å². The number of aliphatic imine (C=N–C) groups is 1. The molecule has 1 aromatic carbocycles. The van der Waals surface area contributed by atoms with Gasteiger partial charge in [0.05, 0.1) is 5.71 Å². The van der Waals surface area contributed by atoms with Crippen LogP contribution in [-0.2, 0) is 0 Å². The van der Waals surface area contributed by atoms with Gasteiger partial charge in [0.2, 0.25) is 0 Å². The van der Waals surface area contributed by atoms with Crippen LogP contribution in [0.1, 0.15) is 39.7 Å². The number of nitrogens with zero attached hydrogens (tertiary/aromatic N) is 1. The lowest BCUT2D eigenvalue weighted by atomic mass is 9.75. The van der Waals surface area contributed by atoms with E-state index < -0.39 is 0 Å². The third-order valence-corrected chi connectivity index (χ3v) is 5.00. The van der Waals surface area contributed by atoms with Gasteiger partial charge in [-0.05, 0) is 68.4 Å². The fourth-order valence-corrected chi connectivity index (χ4v) is 3.84. The molecule has 2 aliphatic rings. The molecule has 0 aliphatic heterocycles. The third-order valence-electron chi connectivity index (χ3n) is 5.00. The van der Waals surface area contributed by atoms with Gasteiger partial charge in [-0.1, -0.05) is 66.8 Å². The Morgan fingerprint density at radius 1 is 1.15 bits per heavy atom. The maximum atomic E-state index is 4.98. The molecule has 0 amide bonds. The number of fused-ring (bicyclic) bond motifs is 1. The molecule has 0 aromatic heterocycles. The van der Waals surface area contributed by atoms with E-state index >= 15 is 0 Å². The molecule has 0 saturated heterocycles. The zero-order valence-electron chi connectivity index (χ0n) is 16.3. The van der Waals surface area contributed by atoms with Crippen LogP contribution in [0.2, 0.25) is 0 Å². The molecule has 0 radical (unpaired) electrons. The fraction of sp³-hybridized carbons (Fsp3) is 0.320. The number of hydrogen-bond acceptors (Lipinski definition) is 1. The second-order valence-electron chi connectivity index (χ2n) is 7.38. The molecule has 134 valence electrons. The number of rotatable bonds is 3. The molecule has 1 heteroatoms. The van der Waals surface area contributed by atoms with E-state index in [1.165, 1.54) is 22.3 Å². The van der Waals surface area contributed by atoms with Crippen LogP contribution in [0.25, 0.3) is 5.57 Å². The van der Waals surface area contributed by atoms with Crippen molar-refractivity contribution in [3.05, 3.63) is 89.6 Å². The van der Waals surface area contributed by atoms with Crippen molar-refractivity contribution in [3.63, 3.8) is 0 Å². The summed E-state index contributed by atoms with van der Waals surface area (Å²) in [6.07, 6.45) is 17.0. The molecule has 2 unspecified atom stereocenters. The maximum absolute atomic E-state index is 4.98. The molecule has 2 aliphatic carbocycles. The molecule has 0 heterocycles. The third kappa shape index (κ3) is 4.04. The predicted molar refractivity (Wildman–Crippen MR) is 114 cm³/mol. The van der Waals surface area contributed by atoms with Crippen LogP contribution in [0.5, 0.6) is 0 Å². The van der Waals surface area contributed by atoms with Crippen molar-refractivity contribution in [1.29, 1.82) is 0 Å². The Bertz CT molecular complexity index is 813. The summed E-state index contributed by atoms with van der Waals surface area (Å²) in [7, 11) is 0. The van der Waals surface area contributed by atoms with Crippen molar-refractivity contribution in [3.8, 4) is 0 Å². The van der Waals surface area contributed by atoms with Crippen LogP contribution >= 0.6 is 0 Å². The average Bonchev–Trinajstić information content (AvgIpc) is 2.64. The predicted octanol–water partition coefficient (Wildman–Crippen LogP) is 6.57. The Labute approximate surface area is 158 Å². The van der Waals surface area contributed by atoms with Crippen LogP contribution in [0.15, 0.2) is 89.0 Å². The van der Waals surface area contributed by atoms with Gasteiger partial charge in [0.25, 0.3) is 0 Å². The van der Waals surface area contributed by atoms with E-state index in [2.05, 4.69) is 101 Å². The Balaban J connectivity index is 2.20. The van der Waals surface area contributed by atoms with Gasteiger partial charge < -0.3 is 0 Å². The second kappa shape index (κ2) is 8.31. The van der Waals surface area contributed by atoms with Gasteiger partial charge in [-0.3, -0.25) is 4.99 Å². The minimum atomic E-state index is 0.283.